The van der Waals surface area contributed by atoms with Crippen molar-refractivity contribution in [1.82, 2.24) is 0 Å². The van der Waals surface area contributed by atoms with E-state index in [1.54, 1.807) is 0 Å². The predicted molar refractivity (Wildman–Crippen MR) is 57.4 cm³/mol. The van der Waals surface area contributed by atoms with Crippen LogP contribution in [-0.2, 0) is 0 Å². The van der Waals surface area contributed by atoms with E-state index in [9.17, 15) is 0 Å². The van der Waals surface area contributed by atoms with Gasteiger partial charge in [0.25, 0.3) is 0 Å². The van der Waals surface area contributed by atoms with Crippen molar-refractivity contribution in [2.24, 2.45) is 5.41 Å². The van der Waals surface area contributed by atoms with Gasteiger partial charge in [-0.15, -0.1) is 0 Å². The maximum absolute atomic E-state index is 9.01. The molecule has 0 spiro atoms. The zero-order valence-corrected chi connectivity index (χ0v) is 8.33. The summed E-state index contributed by atoms with van der Waals surface area (Å²) in [5.41, 5.74) is 2.26. The first-order valence-corrected chi connectivity index (χ1v) is 4.92. The summed E-state index contributed by atoms with van der Waals surface area (Å²) in [6.07, 6.45) is 4.17. The Morgan fingerprint density at radius 1 is 1.36 bits per heavy atom. The Kier molecular flexibility index (Phi) is 2.13. The maximum atomic E-state index is 9.01. The molecule has 1 fully saturated rings. The van der Waals surface area contributed by atoms with Gasteiger partial charge in [-0.05, 0) is 25.3 Å². The second-order valence-corrected chi connectivity index (χ2v) is 3.93. The van der Waals surface area contributed by atoms with Gasteiger partial charge in [0.15, 0.2) is 0 Å². The van der Waals surface area contributed by atoms with Crippen molar-refractivity contribution in [3.63, 3.8) is 0 Å². The van der Waals surface area contributed by atoms with Crippen LogP contribution in [0.5, 0.6) is 0 Å². The van der Waals surface area contributed by atoms with Crippen molar-refractivity contribution in [3.8, 4) is 6.07 Å². The van der Waals surface area contributed by atoms with E-state index in [0.29, 0.717) is 0 Å². The first-order chi connectivity index (χ1) is 6.77. The van der Waals surface area contributed by atoms with E-state index in [4.69, 9.17) is 5.26 Å². The standard InChI is InChI=1S/C13H13N/c1-11(13(10-14)7-8-13)9-12-5-3-2-4-6-12/h2-6,9H,7-8H2,1H3/b11-9+. The third-order valence-corrected chi connectivity index (χ3v) is 2.90. The topological polar surface area (TPSA) is 23.8 Å². The quantitative estimate of drug-likeness (QED) is 0.689. The fraction of sp³-hybridized carbons (Fsp3) is 0.308. The summed E-state index contributed by atoms with van der Waals surface area (Å²) in [6.45, 7) is 2.06. The van der Waals surface area contributed by atoms with E-state index < -0.39 is 0 Å². The molecule has 0 atom stereocenters. The molecule has 1 aromatic carbocycles. The highest BCUT2D eigenvalue weighted by Gasteiger charge is 2.44. The molecule has 1 saturated carbocycles. The molecular formula is C13H13N. The van der Waals surface area contributed by atoms with E-state index in [-0.39, 0.29) is 5.41 Å². The molecule has 0 unspecified atom stereocenters. The van der Waals surface area contributed by atoms with Gasteiger partial charge in [-0.1, -0.05) is 42.0 Å². The third-order valence-electron chi connectivity index (χ3n) is 2.90. The summed E-state index contributed by atoms with van der Waals surface area (Å²) in [4.78, 5) is 0. The Morgan fingerprint density at radius 2 is 2.00 bits per heavy atom. The third kappa shape index (κ3) is 1.56. The highest BCUT2D eigenvalue weighted by Crippen LogP contribution is 2.51. The van der Waals surface area contributed by atoms with Crippen LogP contribution in [0.1, 0.15) is 25.3 Å². The summed E-state index contributed by atoms with van der Waals surface area (Å²) in [5.74, 6) is 0. The number of hydrogen-bond acceptors (Lipinski definition) is 1. The van der Waals surface area contributed by atoms with Crippen LogP contribution >= 0.6 is 0 Å². The molecule has 0 aliphatic heterocycles. The molecule has 1 heteroatoms. The van der Waals surface area contributed by atoms with E-state index in [0.717, 1.165) is 12.8 Å². The Morgan fingerprint density at radius 3 is 2.50 bits per heavy atom. The summed E-state index contributed by atoms with van der Waals surface area (Å²) in [7, 11) is 0. The van der Waals surface area contributed by atoms with Gasteiger partial charge in [0.1, 0.15) is 0 Å². The molecule has 0 bridgehead atoms. The molecule has 0 radical (unpaired) electrons. The van der Waals surface area contributed by atoms with Gasteiger partial charge in [0.2, 0.25) is 0 Å². The molecule has 14 heavy (non-hydrogen) atoms. The molecule has 70 valence electrons. The molecule has 1 aliphatic carbocycles. The maximum Gasteiger partial charge on any atom is 0.0784 e. The predicted octanol–water partition coefficient (Wildman–Crippen LogP) is 3.39. The Balaban J connectivity index is 2.25. The monoisotopic (exact) mass is 183 g/mol. The normalized spacial score (nSPS) is 18.7. The lowest BCUT2D eigenvalue weighted by Gasteiger charge is -2.05. The summed E-state index contributed by atoms with van der Waals surface area (Å²) < 4.78 is 0. The Bertz CT molecular complexity index is 391. The summed E-state index contributed by atoms with van der Waals surface area (Å²) >= 11 is 0. The van der Waals surface area contributed by atoms with Crippen molar-refractivity contribution in [2.75, 3.05) is 0 Å². The van der Waals surface area contributed by atoms with Crippen LogP contribution in [-0.4, -0.2) is 0 Å². The number of nitriles is 1. The van der Waals surface area contributed by atoms with Gasteiger partial charge in [0.05, 0.1) is 11.5 Å². The molecule has 0 aromatic heterocycles. The SMILES string of the molecule is C/C(=C\c1ccccc1)C1(C#N)CC1. The molecule has 2 rings (SSSR count). The lowest BCUT2D eigenvalue weighted by molar-refractivity contribution is 0.810. The van der Waals surface area contributed by atoms with Crippen LogP contribution in [0, 0.1) is 16.7 Å². The molecule has 1 aromatic rings. The number of benzene rings is 1. The average molecular weight is 183 g/mol. The largest absolute Gasteiger partial charge is 0.197 e. The van der Waals surface area contributed by atoms with E-state index >= 15 is 0 Å². The first kappa shape index (κ1) is 9.02. The first-order valence-electron chi connectivity index (χ1n) is 4.92. The van der Waals surface area contributed by atoms with E-state index in [2.05, 4.69) is 31.2 Å². The minimum Gasteiger partial charge on any atom is -0.197 e. The summed E-state index contributed by atoms with van der Waals surface area (Å²) in [6, 6.07) is 12.6. The number of rotatable bonds is 2. The molecule has 1 nitrogen and oxygen atoms in total. The molecule has 1 aliphatic rings. The second-order valence-electron chi connectivity index (χ2n) is 3.93. The van der Waals surface area contributed by atoms with Gasteiger partial charge >= 0.3 is 0 Å². The minimum atomic E-state index is -0.129. The van der Waals surface area contributed by atoms with Crippen LogP contribution in [0.15, 0.2) is 35.9 Å². The van der Waals surface area contributed by atoms with Crippen LogP contribution in [0.25, 0.3) is 6.08 Å². The Hall–Kier alpha value is -1.55. The van der Waals surface area contributed by atoms with Gasteiger partial charge in [-0.25, -0.2) is 0 Å². The highest BCUT2D eigenvalue weighted by atomic mass is 14.5. The Labute approximate surface area is 84.7 Å². The van der Waals surface area contributed by atoms with Crippen molar-refractivity contribution in [2.45, 2.75) is 19.8 Å². The van der Waals surface area contributed by atoms with Gasteiger partial charge in [0, 0.05) is 0 Å². The van der Waals surface area contributed by atoms with Gasteiger partial charge < -0.3 is 0 Å². The van der Waals surface area contributed by atoms with E-state index in [1.807, 2.05) is 18.2 Å². The van der Waals surface area contributed by atoms with Crippen molar-refractivity contribution < 1.29 is 0 Å². The zero-order chi connectivity index (χ0) is 10.0. The van der Waals surface area contributed by atoms with Crippen LogP contribution in [0.4, 0.5) is 0 Å². The second kappa shape index (κ2) is 3.31. The van der Waals surface area contributed by atoms with Gasteiger partial charge in [-0.2, -0.15) is 5.26 Å². The number of allylic oxidation sites excluding steroid dienone is 1. The molecular weight excluding hydrogens is 170 g/mol. The van der Waals surface area contributed by atoms with Crippen LogP contribution in [0.3, 0.4) is 0 Å². The average Bonchev–Trinajstić information content (AvgIpc) is 3.00. The number of nitrogens with zero attached hydrogens (tertiary/aromatic N) is 1. The molecule has 0 saturated heterocycles. The number of hydrogen-bond donors (Lipinski definition) is 0. The highest BCUT2D eigenvalue weighted by molar-refractivity contribution is 5.56. The smallest absolute Gasteiger partial charge is 0.0784 e. The lowest BCUT2D eigenvalue weighted by Crippen LogP contribution is -1.96. The molecule has 0 amide bonds. The van der Waals surface area contributed by atoms with Gasteiger partial charge in [-0.3, -0.25) is 0 Å². The van der Waals surface area contributed by atoms with Crippen LogP contribution < -0.4 is 0 Å². The van der Waals surface area contributed by atoms with Crippen LogP contribution in [0.2, 0.25) is 0 Å². The molecule has 0 N–H and O–H groups in total. The van der Waals surface area contributed by atoms with E-state index in [1.165, 1.54) is 11.1 Å². The molecule has 0 heterocycles. The lowest BCUT2D eigenvalue weighted by atomic mass is 9.97. The van der Waals surface area contributed by atoms with Crippen molar-refractivity contribution in [1.29, 1.82) is 5.26 Å². The zero-order valence-electron chi connectivity index (χ0n) is 8.33. The fourth-order valence-electron chi connectivity index (χ4n) is 1.66. The van der Waals surface area contributed by atoms with Crippen molar-refractivity contribution in [3.05, 3.63) is 41.5 Å². The summed E-state index contributed by atoms with van der Waals surface area (Å²) in [5, 5.41) is 9.01. The fourth-order valence-corrected chi connectivity index (χ4v) is 1.66. The van der Waals surface area contributed by atoms with Crippen molar-refractivity contribution >= 4 is 6.08 Å². The minimum absolute atomic E-state index is 0.129.